The molecule has 2 aliphatic rings. The summed E-state index contributed by atoms with van der Waals surface area (Å²) < 4.78 is 5.25. The Kier molecular flexibility index (Phi) is 4.15. The molecule has 0 saturated carbocycles. The van der Waals surface area contributed by atoms with Gasteiger partial charge in [-0.25, -0.2) is 9.97 Å². The Bertz CT molecular complexity index is 737. The molecule has 4 rings (SSSR count). The SMILES string of the molecule is COc1cc(N2CCCC3(CCN(c4ccc(C)nn4)C3)C2)ncn1. The van der Waals surface area contributed by atoms with Crippen molar-refractivity contribution < 1.29 is 4.74 Å². The van der Waals surface area contributed by atoms with E-state index in [1.54, 1.807) is 13.4 Å². The Morgan fingerprint density at radius 1 is 1.00 bits per heavy atom. The standard InChI is InChI=1S/C18H24N6O/c1-14-4-5-15(22-21-14)24-9-7-18(12-24)6-3-8-23(11-18)16-10-17(25-2)20-13-19-16/h4-5,10,13H,3,6-9,11-12H2,1-2H3. The van der Waals surface area contributed by atoms with E-state index in [1.807, 2.05) is 19.1 Å². The molecule has 0 N–H and O–H groups in total. The molecule has 2 aromatic rings. The smallest absolute Gasteiger partial charge is 0.218 e. The van der Waals surface area contributed by atoms with E-state index in [-0.39, 0.29) is 0 Å². The van der Waals surface area contributed by atoms with Crippen LogP contribution >= 0.6 is 0 Å². The van der Waals surface area contributed by atoms with Crippen LogP contribution < -0.4 is 14.5 Å². The normalized spacial score (nSPS) is 23.3. The molecule has 2 saturated heterocycles. The van der Waals surface area contributed by atoms with Crippen LogP contribution in [0, 0.1) is 12.3 Å². The van der Waals surface area contributed by atoms with Gasteiger partial charge in [-0.1, -0.05) is 0 Å². The molecule has 132 valence electrons. The largest absolute Gasteiger partial charge is 0.481 e. The van der Waals surface area contributed by atoms with Crippen LogP contribution in [0.25, 0.3) is 0 Å². The fraction of sp³-hybridized carbons (Fsp3) is 0.556. The number of rotatable bonds is 3. The molecular weight excluding hydrogens is 316 g/mol. The molecule has 25 heavy (non-hydrogen) atoms. The van der Waals surface area contributed by atoms with Gasteiger partial charge in [0.05, 0.1) is 12.8 Å². The minimum absolute atomic E-state index is 0.295. The highest BCUT2D eigenvalue weighted by Crippen LogP contribution is 2.41. The second kappa shape index (κ2) is 6.46. The maximum atomic E-state index is 5.25. The Balaban J connectivity index is 1.50. The Labute approximate surface area is 148 Å². The highest BCUT2D eigenvalue weighted by atomic mass is 16.5. The molecule has 7 nitrogen and oxygen atoms in total. The van der Waals surface area contributed by atoms with Crippen LogP contribution in [0.1, 0.15) is 25.0 Å². The van der Waals surface area contributed by atoms with Gasteiger partial charge in [0.15, 0.2) is 5.82 Å². The molecule has 7 heteroatoms. The van der Waals surface area contributed by atoms with Gasteiger partial charge in [-0.05, 0) is 38.3 Å². The van der Waals surface area contributed by atoms with Crippen molar-refractivity contribution in [2.75, 3.05) is 43.1 Å². The zero-order valence-corrected chi connectivity index (χ0v) is 14.9. The number of piperidine rings is 1. The van der Waals surface area contributed by atoms with Gasteiger partial charge >= 0.3 is 0 Å². The summed E-state index contributed by atoms with van der Waals surface area (Å²) in [5, 5.41) is 8.57. The quantitative estimate of drug-likeness (QED) is 0.847. The second-order valence-electron chi connectivity index (χ2n) is 7.15. The van der Waals surface area contributed by atoms with Crippen molar-refractivity contribution in [3.8, 4) is 5.88 Å². The van der Waals surface area contributed by atoms with Crippen molar-refractivity contribution in [1.82, 2.24) is 20.2 Å². The van der Waals surface area contributed by atoms with Crippen LogP contribution in [0.2, 0.25) is 0 Å². The zero-order chi connectivity index (χ0) is 17.3. The van der Waals surface area contributed by atoms with Crippen LogP contribution in [0.5, 0.6) is 5.88 Å². The third-order valence-electron chi connectivity index (χ3n) is 5.37. The van der Waals surface area contributed by atoms with Crippen LogP contribution in [-0.4, -0.2) is 53.5 Å². The van der Waals surface area contributed by atoms with Crippen LogP contribution in [0.15, 0.2) is 24.5 Å². The summed E-state index contributed by atoms with van der Waals surface area (Å²) >= 11 is 0. The van der Waals surface area contributed by atoms with Crippen molar-refractivity contribution in [3.05, 3.63) is 30.2 Å². The van der Waals surface area contributed by atoms with Crippen LogP contribution in [-0.2, 0) is 0 Å². The average Bonchev–Trinajstić information content (AvgIpc) is 3.05. The highest BCUT2D eigenvalue weighted by molar-refractivity contribution is 5.44. The van der Waals surface area contributed by atoms with Crippen molar-refractivity contribution in [2.24, 2.45) is 5.41 Å². The van der Waals surface area contributed by atoms with E-state index in [2.05, 4.69) is 36.0 Å². The molecule has 1 spiro atoms. The first-order valence-electron chi connectivity index (χ1n) is 8.84. The second-order valence-corrected chi connectivity index (χ2v) is 7.15. The highest BCUT2D eigenvalue weighted by Gasteiger charge is 2.42. The summed E-state index contributed by atoms with van der Waals surface area (Å²) in [4.78, 5) is 13.3. The number of hydrogen-bond donors (Lipinski definition) is 0. The molecule has 2 fully saturated rings. The Hall–Kier alpha value is -2.44. The summed E-state index contributed by atoms with van der Waals surface area (Å²) in [6, 6.07) is 6.04. The lowest BCUT2D eigenvalue weighted by atomic mass is 9.79. The minimum Gasteiger partial charge on any atom is -0.481 e. The molecule has 0 radical (unpaired) electrons. The summed E-state index contributed by atoms with van der Waals surface area (Å²) in [5.74, 6) is 2.57. The van der Waals surface area contributed by atoms with Gasteiger partial charge in [-0.15, -0.1) is 5.10 Å². The molecule has 0 aliphatic carbocycles. The summed E-state index contributed by atoms with van der Waals surface area (Å²) in [6.45, 7) is 6.09. The van der Waals surface area contributed by atoms with Crippen molar-refractivity contribution in [2.45, 2.75) is 26.2 Å². The molecule has 1 unspecified atom stereocenters. The molecule has 0 aromatic carbocycles. The third kappa shape index (κ3) is 3.23. The number of hydrogen-bond acceptors (Lipinski definition) is 7. The maximum Gasteiger partial charge on any atom is 0.218 e. The molecule has 2 aromatic heterocycles. The predicted octanol–water partition coefficient (Wildman–Crippen LogP) is 2.08. The average molecular weight is 340 g/mol. The lowest BCUT2D eigenvalue weighted by Crippen LogP contribution is -2.45. The van der Waals surface area contributed by atoms with Gasteiger partial charge in [0.25, 0.3) is 0 Å². The number of methoxy groups -OCH3 is 1. The van der Waals surface area contributed by atoms with Gasteiger partial charge in [-0.3, -0.25) is 0 Å². The predicted molar refractivity (Wildman–Crippen MR) is 96.1 cm³/mol. The molecule has 2 aliphatic heterocycles. The summed E-state index contributed by atoms with van der Waals surface area (Å²) in [5.41, 5.74) is 1.25. The van der Waals surface area contributed by atoms with Crippen LogP contribution in [0.4, 0.5) is 11.6 Å². The number of anilines is 2. The topological polar surface area (TPSA) is 67.3 Å². The Morgan fingerprint density at radius 3 is 2.60 bits per heavy atom. The number of nitrogens with zero attached hydrogens (tertiary/aromatic N) is 6. The van der Waals surface area contributed by atoms with Gasteiger partial charge in [0.1, 0.15) is 12.1 Å². The third-order valence-corrected chi connectivity index (χ3v) is 5.37. The lowest BCUT2D eigenvalue weighted by Gasteiger charge is -2.41. The lowest BCUT2D eigenvalue weighted by molar-refractivity contribution is 0.262. The van der Waals surface area contributed by atoms with E-state index in [4.69, 9.17) is 4.74 Å². The number of ether oxygens (including phenoxy) is 1. The van der Waals surface area contributed by atoms with Gasteiger partial charge < -0.3 is 14.5 Å². The van der Waals surface area contributed by atoms with Crippen molar-refractivity contribution in [3.63, 3.8) is 0 Å². The zero-order valence-electron chi connectivity index (χ0n) is 14.9. The number of aryl methyl sites for hydroxylation is 1. The van der Waals surface area contributed by atoms with E-state index in [1.165, 1.54) is 19.3 Å². The molecular formula is C18H24N6O. The minimum atomic E-state index is 0.295. The Morgan fingerprint density at radius 2 is 1.84 bits per heavy atom. The maximum absolute atomic E-state index is 5.25. The molecule has 1 atom stereocenters. The molecule has 0 bridgehead atoms. The molecule has 4 heterocycles. The fourth-order valence-electron chi connectivity index (χ4n) is 4.04. The number of aromatic nitrogens is 4. The molecule has 0 amide bonds. The van der Waals surface area contributed by atoms with Gasteiger partial charge in [0, 0.05) is 37.7 Å². The summed E-state index contributed by atoms with van der Waals surface area (Å²) in [6.07, 6.45) is 5.20. The van der Waals surface area contributed by atoms with E-state index in [9.17, 15) is 0 Å². The van der Waals surface area contributed by atoms with Crippen LogP contribution in [0.3, 0.4) is 0 Å². The van der Waals surface area contributed by atoms with E-state index in [0.717, 1.165) is 43.5 Å². The first-order valence-corrected chi connectivity index (χ1v) is 8.84. The monoisotopic (exact) mass is 340 g/mol. The van der Waals surface area contributed by atoms with Crippen molar-refractivity contribution >= 4 is 11.6 Å². The first kappa shape index (κ1) is 16.1. The fourth-order valence-corrected chi connectivity index (χ4v) is 4.04. The van der Waals surface area contributed by atoms with Gasteiger partial charge in [-0.2, -0.15) is 5.10 Å². The van der Waals surface area contributed by atoms with E-state index in [0.29, 0.717) is 11.3 Å². The first-order chi connectivity index (χ1) is 12.2. The van der Waals surface area contributed by atoms with E-state index >= 15 is 0 Å². The van der Waals surface area contributed by atoms with Crippen molar-refractivity contribution in [1.29, 1.82) is 0 Å². The summed E-state index contributed by atoms with van der Waals surface area (Å²) in [7, 11) is 1.64. The van der Waals surface area contributed by atoms with E-state index < -0.39 is 0 Å². The van der Waals surface area contributed by atoms with Gasteiger partial charge in [0.2, 0.25) is 5.88 Å².